The van der Waals surface area contributed by atoms with E-state index in [0.29, 0.717) is 112 Å². The van der Waals surface area contributed by atoms with Crippen LogP contribution in [0.2, 0.25) is 0 Å². The molecule has 0 aromatic heterocycles. The molecule has 0 aromatic rings. The third kappa shape index (κ3) is 45.9. The average molecular weight is 819 g/mol. The molecule has 0 rings (SSSR count). The van der Waals surface area contributed by atoms with Crippen LogP contribution in [0.15, 0.2) is 0 Å². The summed E-state index contributed by atoms with van der Waals surface area (Å²) in [5, 5.41) is 0. The Hall–Kier alpha value is -0.120. The van der Waals surface area contributed by atoms with E-state index in [0.717, 1.165) is 25.9 Å². The summed E-state index contributed by atoms with van der Waals surface area (Å²) in [6.45, 7) is 11.2. The highest BCUT2D eigenvalue weighted by Gasteiger charge is 2.03. The minimum Gasteiger partial charge on any atom is -0.463 e. The number of rotatable bonds is 44. The van der Waals surface area contributed by atoms with Crippen molar-refractivity contribution in [3.63, 3.8) is 0 Å². The summed E-state index contributed by atoms with van der Waals surface area (Å²) in [5.41, 5.74) is 0. The Morgan fingerprint density at radius 2 is 0.633 bits per heavy atom. The molecule has 10 nitrogen and oxygen atoms in total. The van der Waals surface area contributed by atoms with Crippen LogP contribution in [-0.2, 0) is 47.4 Å². The second kappa shape index (κ2) is 45.9. The van der Waals surface area contributed by atoms with Gasteiger partial charge in [-0.1, -0.05) is 119 Å². The summed E-state index contributed by atoms with van der Waals surface area (Å²) in [6, 6.07) is 0. The van der Waals surface area contributed by atoms with E-state index in [1.165, 1.54) is 94.3 Å². The van der Waals surface area contributed by atoms with Crippen molar-refractivity contribution in [3.8, 4) is 0 Å². The molecule has 0 unspecified atom stereocenters. The first kappa shape index (κ1) is 48.9. The van der Waals surface area contributed by atoms with E-state index in [2.05, 4.69) is 29.5 Å². The van der Waals surface area contributed by atoms with Crippen LogP contribution >= 0.6 is 22.6 Å². The van der Waals surface area contributed by atoms with Crippen molar-refractivity contribution < 1.29 is 47.4 Å². The Bertz CT molecular complexity index is 617. The predicted octanol–water partition coefficient (Wildman–Crippen LogP) is 8.14. The highest BCUT2D eigenvalue weighted by atomic mass is 127. The maximum Gasteiger partial charge on any atom is 0.305 e. The molecule has 0 aliphatic heterocycles. The van der Waals surface area contributed by atoms with Crippen LogP contribution in [-0.4, -0.2) is 123 Å². The Kier molecular flexibility index (Phi) is 45.8. The second-order valence-electron chi connectivity index (χ2n) is 12.2. The smallest absolute Gasteiger partial charge is 0.305 e. The Morgan fingerprint density at radius 3 is 1.00 bits per heavy atom. The molecular weight excluding hydrogens is 743 g/mol. The fourth-order valence-electron chi connectivity index (χ4n) is 4.87. The molecule has 0 heterocycles. The van der Waals surface area contributed by atoms with Crippen molar-refractivity contribution in [1.82, 2.24) is 0 Å². The Morgan fingerprint density at radius 1 is 0.347 bits per heavy atom. The summed E-state index contributed by atoms with van der Waals surface area (Å²) in [4.78, 5) is 11.9. The zero-order valence-corrected chi connectivity index (χ0v) is 33.6. The third-order valence-electron chi connectivity index (χ3n) is 7.75. The van der Waals surface area contributed by atoms with Gasteiger partial charge in [-0.25, -0.2) is 0 Å². The first-order valence-electron chi connectivity index (χ1n) is 19.6. The van der Waals surface area contributed by atoms with Gasteiger partial charge in [0.05, 0.1) is 99.1 Å². The number of unbranched alkanes of at least 4 members (excludes halogenated alkanes) is 15. The number of halogens is 1. The molecule has 0 radical (unpaired) electrons. The van der Waals surface area contributed by atoms with Gasteiger partial charge in [0.25, 0.3) is 0 Å². The first-order valence-corrected chi connectivity index (χ1v) is 21.2. The zero-order valence-electron chi connectivity index (χ0n) is 31.4. The molecule has 11 heteroatoms. The van der Waals surface area contributed by atoms with E-state index in [1.807, 2.05) is 0 Å². The molecule has 294 valence electrons. The predicted molar refractivity (Wildman–Crippen MR) is 205 cm³/mol. The normalized spacial score (nSPS) is 11.5. The molecule has 0 aliphatic rings. The van der Waals surface area contributed by atoms with Gasteiger partial charge in [-0.05, 0) is 23.7 Å². The lowest BCUT2D eigenvalue weighted by molar-refractivity contribution is -0.145. The highest BCUT2D eigenvalue weighted by molar-refractivity contribution is 14.1. The minimum absolute atomic E-state index is 0.126. The minimum atomic E-state index is -0.126. The van der Waals surface area contributed by atoms with Crippen molar-refractivity contribution >= 4 is 28.6 Å². The Balaban J connectivity index is 3.12. The van der Waals surface area contributed by atoms with Crippen LogP contribution in [0.4, 0.5) is 0 Å². The van der Waals surface area contributed by atoms with Gasteiger partial charge in [-0.2, -0.15) is 0 Å². The molecule has 0 saturated heterocycles. The molecule has 0 bridgehead atoms. The van der Waals surface area contributed by atoms with Gasteiger partial charge in [-0.15, -0.1) is 0 Å². The van der Waals surface area contributed by atoms with Crippen molar-refractivity contribution in [2.75, 3.05) is 117 Å². The highest BCUT2D eigenvalue weighted by Crippen LogP contribution is 2.13. The molecule has 0 atom stereocenters. The molecule has 0 aromatic carbocycles. The summed E-state index contributed by atoms with van der Waals surface area (Å²) < 4.78 is 50.5. The number of hydrogen-bond donors (Lipinski definition) is 0. The third-order valence-corrected chi connectivity index (χ3v) is 8.51. The summed E-state index contributed by atoms with van der Waals surface area (Å²) in [5.74, 6) is -0.126. The first-order chi connectivity index (χ1) is 24.3. The molecule has 0 N–H and O–H groups in total. The molecular formula is C38H75IO10. The maximum atomic E-state index is 11.9. The topological polar surface area (TPSA) is 100 Å². The van der Waals surface area contributed by atoms with Gasteiger partial charge in [0.2, 0.25) is 0 Å². The summed E-state index contributed by atoms with van der Waals surface area (Å²) in [7, 11) is 0. The van der Waals surface area contributed by atoms with E-state index in [9.17, 15) is 4.79 Å². The van der Waals surface area contributed by atoms with Gasteiger partial charge < -0.3 is 42.6 Å². The van der Waals surface area contributed by atoms with Crippen molar-refractivity contribution in [2.24, 2.45) is 0 Å². The van der Waals surface area contributed by atoms with Gasteiger partial charge in [-0.3, -0.25) is 4.79 Å². The lowest BCUT2D eigenvalue weighted by atomic mass is 10.0. The van der Waals surface area contributed by atoms with Crippen molar-refractivity contribution in [1.29, 1.82) is 0 Å². The molecule has 0 saturated carbocycles. The largest absolute Gasteiger partial charge is 0.463 e. The van der Waals surface area contributed by atoms with Crippen LogP contribution in [0.5, 0.6) is 0 Å². The van der Waals surface area contributed by atoms with E-state index in [4.69, 9.17) is 42.6 Å². The molecule has 0 spiro atoms. The second-order valence-corrected chi connectivity index (χ2v) is 13.3. The lowest BCUT2D eigenvalue weighted by Crippen LogP contribution is -2.15. The molecule has 0 amide bonds. The molecule has 49 heavy (non-hydrogen) atoms. The number of hydrogen-bond acceptors (Lipinski definition) is 10. The molecule has 0 aliphatic carbocycles. The van der Waals surface area contributed by atoms with Crippen LogP contribution < -0.4 is 0 Å². The summed E-state index contributed by atoms with van der Waals surface area (Å²) in [6.07, 6.45) is 22.4. The number of esters is 1. The summed E-state index contributed by atoms with van der Waals surface area (Å²) >= 11 is 2.42. The quantitative estimate of drug-likeness (QED) is 0.0259. The van der Waals surface area contributed by atoms with Crippen LogP contribution in [0.3, 0.4) is 0 Å². The van der Waals surface area contributed by atoms with Crippen LogP contribution in [0, 0.1) is 0 Å². The standard InChI is InChI=1S/C38H75IO10/c1-2-3-4-5-6-7-8-9-10-11-12-13-16-19-38(40)49-37-36-48-35-34-47-33-32-46-31-30-45-29-28-44-27-26-43-25-24-42-23-22-41-21-18-15-14-17-20-39/h2-37H2,1H3. The van der Waals surface area contributed by atoms with Gasteiger partial charge in [0.15, 0.2) is 0 Å². The number of alkyl halides is 1. The fourth-order valence-corrected chi connectivity index (χ4v) is 5.41. The SMILES string of the molecule is CCCCCCCCCCCCCCCC(=O)OCCOCCOCCOCCOCCOCCOCCOCCOCCCCCCI. The van der Waals surface area contributed by atoms with E-state index < -0.39 is 0 Å². The van der Waals surface area contributed by atoms with E-state index in [1.54, 1.807) is 0 Å². The van der Waals surface area contributed by atoms with E-state index >= 15 is 0 Å². The lowest BCUT2D eigenvalue weighted by Gasteiger charge is -2.09. The van der Waals surface area contributed by atoms with Crippen molar-refractivity contribution in [3.05, 3.63) is 0 Å². The fraction of sp³-hybridized carbons (Fsp3) is 0.974. The zero-order chi connectivity index (χ0) is 35.4. The van der Waals surface area contributed by atoms with Crippen LogP contribution in [0.25, 0.3) is 0 Å². The van der Waals surface area contributed by atoms with Crippen LogP contribution in [0.1, 0.15) is 122 Å². The van der Waals surface area contributed by atoms with Crippen molar-refractivity contribution in [2.45, 2.75) is 122 Å². The number of carbonyl (C=O) groups excluding carboxylic acids is 1. The Labute approximate surface area is 314 Å². The number of carbonyl (C=O) groups is 1. The van der Waals surface area contributed by atoms with Gasteiger partial charge in [0, 0.05) is 13.0 Å². The number of ether oxygens (including phenoxy) is 9. The average Bonchev–Trinajstić information content (AvgIpc) is 3.11. The monoisotopic (exact) mass is 818 g/mol. The maximum absolute atomic E-state index is 11.9. The molecule has 0 fully saturated rings. The van der Waals surface area contributed by atoms with Gasteiger partial charge >= 0.3 is 5.97 Å². The van der Waals surface area contributed by atoms with E-state index in [-0.39, 0.29) is 5.97 Å². The van der Waals surface area contributed by atoms with Gasteiger partial charge in [0.1, 0.15) is 6.61 Å².